The molecule has 0 spiro atoms. The normalized spacial score (nSPS) is 14.1. The number of hydrogen-bond acceptors (Lipinski definition) is 4. The molecule has 1 unspecified atom stereocenters. The molecule has 0 aliphatic rings. The van der Waals surface area contributed by atoms with Crippen molar-refractivity contribution in [3.8, 4) is 9.75 Å². The van der Waals surface area contributed by atoms with E-state index in [1.54, 1.807) is 22.7 Å². The van der Waals surface area contributed by atoms with Crippen LogP contribution in [0.25, 0.3) is 9.75 Å². The monoisotopic (exact) mass is 338 g/mol. The van der Waals surface area contributed by atoms with Crippen LogP contribution in [0.15, 0.2) is 29.0 Å². The maximum absolute atomic E-state index is 10.9. The number of unbranched alkanes of at least 4 members (excludes halogenated alkanes) is 5. The van der Waals surface area contributed by atoms with Gasteiger partial charge in [0, 0.05) is 17.0 Å². The maximum atomic E-state index is 10.9. The van der Waals surface area contributed by atoms with Crippen molar-refractivity contribution in [1.29, 1.82) is 0 Å². The molecule has 0 fully saturated rings. The summed E-state index contributed by atoms with van der Waals surface area (Å²) in [6.07, 6.45) is 7.41. The fourth-order valence-electron chi connectivity index (χ4n) is 2.75. The van der Waals surface area contributed by atoms with Gasteiger partial charge in [0.2, 0.25) is 0 Å². The minimum absolute atomic E-state index is 0.304. The summed E-state index contributed by atoms with van der Waals surface area (Å²) in [6, 6.07) is 6.25. The number of aliphatic hydroxyl groups is 2. The van der Waals surface area contributed by atoms with E-state index in [4.69, 9.17) is 5.11 Å². The topological polar surface area (TPSA) is 40.5 Å². The SMILES string of the molecule is CC(O)(CCCCCCCCO)c1ccsc1-c1cccs1. The van der Waals surface area contributed by atoms with Gasteiger partial charge in [-0.3, -0.25) is 0 Å². The van der Waals surface area contributed by atoms with Crippen molar-refractivity contribution >= 4 is 22.7 Å². The molecule has 122 valence electrons. The predicted molar refractivity (Wildman–Crippen MR) is 96.6 cm³/mol. The summed E-state index contributed by atoms with van der Waals surface area (Å²) < 4.78 is 0. The average molecular weight is 339 g/mol. The Bertz CT molecular complexity index is 529. The average Bonchev–Trinajstić information content (AvgIpc) is 3.16. The van der Waals surface area contributed by atoms with Crippen LogP contribution < -0.4 is 0 Å². The van der Waals surface area contributed by atoms with Crippen molar-refractivity contribution in [2.75, 3.05) is 6.61 Å². The standard InChI is InChI=1S/C18H26O2S2/c1-18(20,11-6-4-2-3-5-7-12-19)15-10-14-22-17(15)16-9-8-13-21-16/h8-10,13-14,19-20H,2-7,11-12H2,1H3. The first-order valence-corrected chi connectivity index (χ1v) is 9.86. The van der Waals surface area contributed by atoms with Crippen molar-refractivity contribution in [3.05, 3.63) is 34.5 Å². The zero-order valence-corrected chi connectivity index (χ0v) is 14.9. The van der Waals surface area contributed by atoms with E-state index in [1.807, 2.05) is 6.92 Å². The molecule has 0 aliphatic heterocycles. The van der Waals surface area contributed by atoms with E-state index in [1.165, 1.54) is 22.6 Å². The van der Waals surface area contributed by atoms with Gasteiger partial charge in [-0.25, -0.2) is 0 Å². The van der Waals surface area contributed by atoms with E-state index in [0.29, 0.717) is 6.61 Å². The first-order valence-electron chi connectivity index (χ1n) is 8.10. The second-order valence-corrected chi connectivity index (χ2v) is 7.87. The first kappa shape index (κ1) is 17.7. The zero-order chi connectivity index (χ0) is 15.8. The van der Waals surface area contributed by atoms with E-state index in [9.17, 15) is 5.11 Å². The second-order valence-electron chi connectivity index (χ2n) is 6.01. The Hall–Kier alpha value is -0.680. The molecule has 4 heteroatoms. The lowest BCUT2D eigenvalue weighted by atomic mass is 9.90. The molecule has 2 heterocycles. The third-order valence-electron chi connectivity index (χ3n) is 4.06. The first-order chi connectivity index (χ1) is 10.6. The molecular weight excluding hydrogens is 312 g/mol. The van der Waals surface area contributed by atoms with Gasteiger partial charge in [-0.2, -0.15) is 0 Å². The maximum Gasteiger partial charge on any atom is 0.0882 e. The molecular formula is C18H26O2S2. The summed E-state index contributed by atoms with van der Waals surface area (Å²) >= 11 is 3.44. The summed E-state index contributed by atoms with van der Waals surface area (Å²) in [5.74, 6) is 0. The molecule has 0 aromatic carbocycles. The Kier molecular flexibility index (Phi) is 7.09. The molecule has 0 saturated heterocycles. The molecule has 2 nitrogen and oxygen atoms in total. The van der Waals surface area contributed by atoms with Gasteiger partial charge >= 0.3 is 0 Å². The highest BCUT2D eigenvalue weighted by Crippen LogP contribution is 2.40. The van der Waals surface area contributed by atoms with Crippen LogP contribution in [0, 0.1) is 0 Å². The van der Waals surface area contributed by atoms with Gasteiger partial charge in [-0.15, -0.1) is 22.7 Å². The van der Waals surface area contributed by atoms with Crippen LogP contribution in [0.3, 0.4) is 0 Å². The minimum Gasteiger partial charge on any atom is -0.396 e. The molecule has 2 N–H and O–H groups in total. The van der Waals surface area contributed by atoms with Crippen LogP contribution in [-0.4, -0.2) is 16.8 Å². The highest BCUT2D eigenvalue weighted by Gasteiger charge is 2.27. The van der Waals surface area contributed by atoms with Gasteiger partial charge in [0.15, 0.2) is 0 Å². The van der Waals surface area contributed by atoms with Gasteiger partial charge in [0.05, 0.1) is 10.5 Å². The van der Waals surface area contributed by atoms with Crippen molar-refractivity contribution in [2.45, 2.75) is 57.5 Å². The number of hydrogen-bond donors (Lipinski definition) is 2. The molecule has 2 rings (SSSR count). The van der Waals surface area contributed by atoms with E-state index >= 15 is 0 Å². The molecule has 0 bridgehead atoms. The van der Waals surface area contributed by atoms with Crippen molar-refractivity contribution in [2.24, 2.45) is 0 Å². The summed E-state index contributed by atoms with van der Waals surface area (Å²) in [6.45, 7) is 2.25. The summed E-state index contributed by atoms with van der Waals surface area (Å²) in [5, 5.41) is 23.8. The molecule has 0 saturated carbocycles. The highest BCUT2D eigenvalue weighted by atomic mass is 32.1. The molecule has 22 heavy (non-hydrogen) atoms. The summed E-state index contributed by atoms with van der Waals surface area (Å²) in [4.78, 5) is 2.46. The Morgan fingerprint density at radius 1 is 0.955 bits per heavy atom. The minimum atomic E-state index is -0.746. The lowest BCUT2D eigenvalue weighted by Crippen LogP contribution is -2.20. The number of thiophene rings is 2. The second kappa shape index (κ2) is 8.82. The zero-order valence-electron chi connectivity index (χ0n) is 13.3. The molecule has 2 aromatic heterocycles. The molecule has 0 aliphatic carbocycles. The van der Waals surface area contributed by atoms with Crippen LogP contribution in [0.5, 0.6) is 0 Å². The molecule has 0 amide bonds. The number of rotatable bonds is 10. The smallest absolute Gasteiger partial charge is 0.0882 e. The van der Waals surface area contributed by atoms with Gasteiger partial charge in [-0.1, -0.05) is 38.2 Å². The number of aliphatic hydroxyl groups excluding tert-OH is 1. The van der Waals surface area contributed by atoms with Crippen LogP contribution >= 0.6 is 22.7 Å². The fraction of sp³-hybridized carbons (Fsp3) is 0.556. The quantitative estimate of drug-likeness (QED) is 0.569. The van der Waals surface area contributed by atoms with Crippen LogP contribution in [0.2, 0.25) is 0 Å². The highest BCUT2D eigenvalue weighted by molar-refractivity contribution is 7.20. The lowest BCUT2D eigenvalue weighted by Gasteiger charge is -2.24. The van der Waals surface area contributed by atoms with Crippen molar-refractivity contribution in [3.63, 3.8) is 0 Å². The summed E-state index contributed by atoms with van der Waals surface area (Å²) in [7, 11) is 0. The molecule has 0 radical (unpaired) electrons. The summed E-state index contributed by atoms with van der Waals surface area (Å²) in [5.41, 5.74) is 0.324. The lowest BCUT2D eigenvalue weighted by molar-refractivity contribution is 0.0458. The van der Waals surface area contributed by atoms with E-state index in [-0.39, 0.29) is 0 Å². The Balaban J connectivity index is 1.85. The van der Waals surface area contributed by atoms with Crippen LogP contribution in [0.1, 0.15) is 57.4 Å². The van der Waals surface area contributed by atoms with Crippen molar-refractivity contribution < 1.29 is 10.2 Å². The third-order valence-corrected chi connectivity index (χ3v) is 6.03. The predicted octanol–water partition coefficient (Wildman–Crippen LogP) is 5.41. The largest absolute Gasteiger partial charge is 0.396 e. The Labute approximate surface area is 141 Å². The van der Waals surface area contributed by atoms with E-state index in [2.05, 4.69) is 29.0 Å². The van der Waals surface area contributed by atoms with Gasteiger partial charge in [0.25, 0.3) is 0 Å². The molecule has 2 aromatic rings. The third kappa shape index (κ3) is 4.92. The Morgan fingerprint density at radius 3 is 2.36 bits per heavy atom. The Morgan fingerprint density at radius 2 is 1.68 bits per heavy atom. The van der Waals surface area contributed by atoms with E-state index < -0.39 is 5.60 Å². The molecule has 1 atom stereocenters. The van der Waals surface area contributed by atoms with Gasteiger partial charge < -0.3 is 10.2 Å². The van der Waals surface area contributed by atoms with Crippen LogP contribution in [0.4, 0.5) is 0 Å². The fourth-order valence-corrected chi connectivity index (χ4v) is 4.66. The van der Waals surface area contributed by atoms with Crippen LogP contribution in [-0.2, 0) is 5.60 Å². The van der Waals surface area contributed by atoms with Gasteiger partial charge in [0.1, 0.15) is 0 Å². The van der Waals surface area contributed by atoms with E-state index in [0.717, 1.165) is 37.7 Å². The van der Waals surface area contributed by atoms with Gasteiger partial charge in [-0.05, 0) is 42.7 Å². The van der Waals surface area contributed by atoms with Crippen molar-refractivity contribution in [1.82, 2.24) is 0 Å².